The lowest BCUT2D eigenvalue weighted by molar-refractivity contribution is 0.309. The average molecular weight is 301 g/mol. The van der Waals surface area contributed by atoms with Crippen molar-refractivity contribution >= 4 is 11.6 Å². The molecule has 2 aromatic heterocycles. The number of hydrogen-bond acceptors (Lipinski definition) is 4. The molecule has 22 heavy (non-hydrogen) atoms. The highest BCUT2D eigenvalue weighted by atomic mass is 15.3. The molecule has 0 saturated carbocycles. The van der Waals surface area contributed by atoms with E-state index in [1.54, 1.807) is 7.05 Å². The highest BCUT2D eigenvalue weighted by Gasteiger charge is 2.20. The van der Waals surface area contributed by atoms with Gasteiger partial charge in [-0.25, -0.2) is 0 Å². The first-order valence-electron chi connectivity index (χ1n) is 7.71. The molecular weight excluding hydrogens is 278 g/mol. The average Bonchev–Trinajstić information content (AvgIpc) is 3.14. The van der Waals surface area contributed by atoms with Crippen molar-refractivity contribution in [1.82, 2.24) is 30.1 Å². The molecule has 1 atom stereocenters. The summed E-state index contributed by atoms with van der Waals surface area (Å²) in [6.45, 7) is 2.69. The van der Waals surface area contributed by atoms with Crippen molar-refractivity contribution in [2.45, 2.75) is 25.4 Å². The van der Waals surface area contributed by atoms with E-state index in [0.717, 1.165) is 24.0 Å². The molecule has 0 spiro atoms. The zero-order chi connectivity index (χ0) is 15.4. The molecule has 1 aliphatic rings. The molecule has 3 heterocycles. The summed E-state index contributed by atoms with van der Waals surface area (Å²) in [5.41, 5.74) is 0.856. The highest BCUT2D eigenvalue weighted by Crippen LogP contribution is 2.13. The third-order valence-electron chi connectivity index (χ3n) is 4.20. The number of nitrogens with zero attached hydrogens (tertiary/aromatic N) is 5. The Balaban J connectivity index is 1.55. The monoisotopic (exact) mass is 301 g/mol. The number of guanidine groups is 1. The predicted octanol–water partition coefficient (Wildman–Crippen LogP) is 0.489. The number of hydrogen-bond donors (Lipinski definition) is 2. The summed E-state index contributed by atoms with van der Waals surface area (Å²) in [5, 5.41) is 15.0. The van der Waals surface area contributed by atoms with Crippen LogP contribution in [0.15, 0.2) is 29.4 Å². The molecule has 3 rings (SSSR count). The molecule has 7 heteroatoms. The van der Waals surface area contributed by atoms with E-state index in [1.807, 2.05) is 28.8 Å². The molecule has 0 aliphatic carbocycles. The van der Waals surface area contributed by atoms with E-state index in [4.69, 9.17) is 0 Å². The molecule has 2 aromatic rings. The Morgan fingerprint density at radius 2 is 2.27 bits per heavy atom. The Morgan fingerprint density at radius 3 is 3.05 bits per heavy atom. The second-order valence-corrected chi connectivity index (χ2v) is 5.63. The van der Waals surface area contributed by atoms with Crippen LogP contribution in [-0.2, 0) is 6.54 Å². The van der Waals surface area contributed by atoms with Gasteiger partial charge < -0.3 is 15.5 Å². The molecule has 118 valence electrons. The zero-order valence-electron chi connectivity index (χ0n) is 13.2. The standard InChI is InChI=1S/C15H23N7/c1-16-15(17-10-12-6-5-8-21(12)2)18-11-14-20-19-13-7-3-4-9-22(13)14/h3-4,7,9,12H,5-6,8,10-11H2,1-2H3,(H2,16,17,18). The minimum atomic E-state index is 0.589. The Hall–Kier alpha value is -2.15. The van der Waals surface area contributed by atoms with Gasteiger partial charge in [-0.15, -0.1) is 10.2 Å². The maximum Gasteiger partial charge on any atom is 0.191 e. The van der Waals surface area contributed by atoms with Gasteiger partial charge >= 0.3 is 0 Å². The van der Waals surface area contributed by atoms with Crippen LogP contribution in [0.5, 0.6) is 0 Å². The van der Waals surface area contributed by atoms with Gasteiger partial charge in [0.15, 0.2) is 17.4 Å². The SMILES string of the molecule is CN=C(NCc1nnc2ccccn12)NCC1CCCN1C. The highest BCUT2D eigenvalue weighted by molar-refractivity contribution is 5.79. The van der Waals surface area contributed by atoms with Crippen LogP contribution in [0.4, 0.5) is 0 Å². The van der Waals surface area contributed by atoms with Crippen molar-refractivity contribution in [3.05, 3.63) is 30.2 Å². The second-order valence-electron chi connectivity index (χ2n) is 5.63. The van der Waals surface area contributed by atoms with Crippen molar-refractivity contribution in [3.8, 4) is 0 Å². The molecule has 0 aromatic carbocycles. The number of aliphatic imine (C=N–C) groups is 1. The first-order chi connectivity index (χ1) is 10.8. The van der Waals surface area contributed by atoms with E-state index in [9.17, 15) is 0 Å². The number of nitrogens with one attached hydrogen (secondary N) is 2. The summed E-state index contributed by atoms with van der Waals surface area (Å²) < 4.78 is 1.98. The molecule has 1 aliphatic heterocycles. The number of likely N-dealkylation sites (N-methyl/N-ethyl adjacent to an activating group) is 1. The summed E-state index contributed by atoms with van der Waals surface area (Å²) in [5.74, 6) is 1.67. The van der Waals surface area contributed by atoms with Gasteiger partial charge in [-0.1, -0.05) is 6.07 Å². The van der Waals surface area contributed by atoms with Crippen LogP contribution in [0.3, 0.4) is 0 Å². The molecule has 0 radical (unpaired) electrons. The van der Waals surface area contributed by atoms with E-state index < -0.39 is 0 Å². The van der Waals surface area contributed by atoms with Gasteiger partial charge in [-0.2, -0.15) is 0 Å². The summed E-state index contributed by atoms with van der Waals surface area (Å²) in [4.78, 5) is 6.67. The largest absolute Gasteiger partial charge is 0.355 e. The molecule has 1 saturated heterocycles. The normalized spacial score (nSPS) is 19.7. The lowest BCUT2D eigenvalue weighted by Gasteiger charge is -2.21. The van der Waals surface area contributed by atoms with Gasteiger partial charge in [-0.05, 0) is 38.6 Å². The van der Waals surface area contributed by atoms with Crippen molar-refractivity contribution in [2.75, 3.05) is 27.2 Å². The topological polar surface area (TPSA) is 69.8 Å². The van der Waals surface area contributed by atoms with Crippen molar-refractivity contribution in [2.24, 2.45) is 4.99 Å². The summed E-state index contributed by atoms with van der Waals surface area (Å²) in [6.07, 6.45) is 4.49. The first-order valence-corrected chi connectivity index (χ1v) is 7.71. The molecule has 0 bridgehead atoms. The first kappa shape index (κ1) is 14.8. The second kappa shape index (κ2) is 6.74. The maximum atomic E-state index is 4.27. The van der Waals surface area contributed by atoms with Gasteiger partial charge in [0.1, 0.15) is 0 Å². The predicted molar refractivity (Wildman–Crippen MR) is 86.8 cm³/mol. The smallest absolute Gasteiger partial charge is 0.191 e. The van der Waals surface area contributed by atoms with Crippen LogP contribution >= 0.6 is 0 Å². The van der Waals surface area contributed by atoms with Crippen molar-refractivity contribution in [1.29, 1.82) is 0 Å². The fraction of sp³-hybridized carbons (Fsp3) is 0.533. The van der Waals surface area contributed by atoms with Crippen LogP contribution in [0.1, 0.15) is 18.7 Å². The molecule has 0 amide bonds. The summed E-state index contributed by atoms with van der Waals surface area (Å²) in [6, 6.07) is 6.47. The lowest BCUT2D eigenvalue weighted by atomic mass is 10.2. The summed E-state index contributed by atoms with van der Waals surface area (Å²) >= 11 is 0. The maximum absolute atomic E-state index is 4.27. The quantitative estimate of drug-likeness (QED) is 0.635. The Labute approximate surface area is 130 Å². The Morgan fingerprint density at radius 1 is 1.36 bits per heavy atom. The van der Waals surface area contributed by atoms with Crippen molar-refractivity contribution < 1.29 is 0 Å². The Kier molecular flexibility index (Phi) is 4.53. The fourth-order valence-electron chi connectivity index (χ4n) is 2.85. The van der Waals surface area contributed by atoms with Gasteiger partial charge in [0.05, 0.1) is 6.54 Å². The minimum absolute atomic E-state index is 0.589. The molecule has 2 N–H and O–H groups in total. The fourth-order valence-corrected chi connectivity index (χ4v) is 2.85. The van der Waals surface area contributed by atoms with Gasteiger partial charge in [0, 0.05) is 25.8 Å². The number of rotatable bonds is 4. The van der Waals surface area contributed by atoms with E-state index >= 15 is 0 Å². The van der Waals surface area contributed by atoms with Crippen LogP contribution in [-0.4, -0.2) is 58.7 Å². The molecule has 1 fully saturated rings. The van der Waals surface area contributed by atoms with Crippen molar-refractivity contribution in [3.63, 3.8) is 0 Å². The van der Waals surface area contributed by atoms with Crippen LogP contribution < -0.4 is 10.6 Å². The van der Waals surface area contributed by atoms with Crippen LogP contribution in [0.25, 0.3) is 5.65 Å². The molecule has 7 nitrogen and oxygen atoms in total. The number of aromatic nitrogens is 3. The third-order valence-corrected chi connectivity index (χ3v) is 4.20. The van der Waals surface area contributed by atoms with Gasteiger partial charge in [-0.3, -0.25) is 9.39 Å². The number of likely N-dealkylation sites (tertiary alicyclic amines) is 1. The third kappa shape index (κ3) is 3.19. The van der Waals surface area contributed by atoms with E-state index in [1.165, 1.54) is 19.4 Å². The van der Waals surface area contributed by atoms with E-state index in [0.29, 0.717) is 12.6 Å². The minimum Gasteiger partial charge on any atom is -0.355 e. The van der Waals surface area contributed by atoms with Gasteiger partial charge in [0.2, 0.25) is 0 Å². The lowest BCUT2D eigenvalue weighted by Crippen LogP contribution is -2.43. The van der Waals surface area contributed by atoms with E-state index in [2.05, 4.69) is 37.8 Å². The molecular formula is C15H23N7. The summed E-state index contributed by atoms with van der Waals surface area (Å²) in [7, 11) is 3.97. The number of fused-ring (bicyclic) bond motifs is 1. The van der Waals surface area contributed by atoms with E-state index in [-0.39, 0.29) is 0 Å². The number of pyridine rings is 1. The van der Waals surface area contributed by atoms with Gasteiger partial charge in [0.25, 0.3) is 0 Å². The molecule has 1 unspecified atom stereocenters. The Bertz CT molecular complexity index is 648. The van der Waals surface area contributed by atoms with Crippen LogP contribution in [0.2, 0.25) is 0 Å². The van der Waals surface area contributed by atoms with Crippen LogP contribution in [0, 0.1) is 0 Å². The zero-order valence-corrected chi connectivity index (χ0v) is 13.2.